The highest BCUT2D eigenvalue weighted by molar-refractivity contribution is 6.15. The first-order valence-electron chi connectivity index (χ1n) is 5.89. The maximum absolute atomic E-state index is 12.1. The van der Waals surface area contributed by atoms with Gasteiger partial charge in [0.25, 0.3) is 11.9 Å². The van der Waals surface area contributed by atoms with Gasteiger partial charge in [0.05, 0.1) is 11.6 Å². The van der Waals surface area contributed by atoms with Crippen LogP contribution in [0.25, 0.3) is 0 Å². The summed E-state index contributed by atoms with van der Waals surface area (Å²) in [5.74, 6) is 0.427. The molecule has 0 spiro atoms. The van der Waals surface area contributed by atoms with Crippen LogP contribution in [0.15, 0.2) is 11.2 Å². The minimum atomic E-state index is -0.0144. The monoisotopic (exact) mass is 230 g/mol. The molecule has 1 aliphatic carbocycles. The van der Waals surface area contributed by atoms with Crippen LogP contribution in [-0.4, -0.2) is 21.6 Å². The van der Waals surface area contributed by atoms with Gasteiger partial charge in [-0.25, -0.2) is 9.97 Å². The number of anilines is 1. The van der Waals surface area contributed by atoms with Gasteiger partial charge in [0.1, 0.15) is 0 Å². The molecule has 2 heterocycles. The van der Waals surface area contributed by atoms with Crippen molar-refractivity contribution in [3.8, 4) is 0 Å². The van der Waals surface area contributed by atoms with Crippen LogP contribution in [0, 0.1) is 19.8 Å². The molecule has 5 heteroatoms. The Balaban J connectivity index is 2.00. The summed E-state index contributed by atoms with van der Waals surface area (Å²) in [6.45, 7) is 3.79. The molecule has 0 unspecified atom stereocenters. The number of aromatic nitrogens is 2. The fourth-order valence-corrected chi connectivity index (χ4v) is 2.48. The molecular weight excluding hydrogens is 216 g/mol. The zero-order valence-electron chi connectivity index (χ0n) is 9.97. The number of amides is 1. The van der Waals surface area contributed by atoms with E-state index < -0.39 is 0 Å². The van der Waals surface area contributed by atoms with Crippen molar-refractivity contribution in [1.82, 2.24) is 9.97 Å². The van der Waals surface area contributed by atoms with Crippen molar-refractivity contribution < 1.29 is 4.79 Å². The standard InChI is InChI=1S/C12H14N4O/c1-7-6-8(2)14-12(13-7)16-11(17)9-4-3-5-10(9)15-16/h6,9H,3-5H2,1-2H3/t9-/m1/s1. The molecule has 5 nitrogen and oxygen atoms in total. The zero-order valence-corrected chi connectivity index (χ0v) is 9.97. The maximum atomic E-state index is 12.1. The van der Waals surface area contributed by atoms with Gasteiger partial charge >= 0.3 is 0 Å². The lowest BCUT2D eigenvalue weighted by atomic mass is 10.1. The number of carbonyl (C=O) groups is 1. The third-order valence-corrected chi connectivity index (χ3v) is 3.22. The second-order valence-electron chi connectivity index (χ2n) is 4.64. The normalized spacial score (nSPS) is 22.9. The highest BCUT2D eigenvalue weighted by Gasteiger charge is 2.40. The Labute approximate surface area is 99.6 Å². The molecular formula is C12H14N4O. The van der Waals surface area contributed by atoms with E-state index in [1.54, 1.807) is 0 Å². The number of nitrogens with zero attached hydrogens (tertiary/aromatic N) is 4. The van der Waals surface area contributed by atoms with E-state index in [0.717, 1.165) is 36.4 Å². The molecule has 1 aromatic rings. The van der Waals surface area contributed by atoms with E-state index >= 15 is 0 Å². The van der Waals surface area contributed by atoms with E-state index in [9.17, 15) is 4.79 Å². The zero-order chi connectivity index (χ0) is 12.0. The predicted octanol–water partition coefficient (Wildman–Crippen LogP) is 1.60. The fourth-order valence-electron chi connectivity index (χ4n) is 2.48. The van der Waals surface area contributed by atoms with E-state index in [0.29, 0.717) is 5.95 Å². The van der Waals surface area contributed by atoms with Crippen LogP contribution in [0.5, 0.6) is 0 Å². The molecule has 1 saturated carbocycles. The van der Waals surface area contributed by atoms with Crippen LogP contribution < -0.4 is 5.01 Å². The number of hydrazone groups is 1. The van der Waals surface area contributed by atoms with Crippen molar-refractivity contribution in [2.75, 3.05) is 5.01 Å². The molecule has 0 aromatic carbocycles. The summed E-state index contributed by atoms with van der Waals surface area (Å²) >= 11 is 0. The van der Waals surface area contributed by atoms with E-state index in [-0.39, 0.29) is 11.8 Å². The van der Waals surface area contributed by atoms with Crippen LogP contribution in [0.4, 0.5) is 5.95 Å². The Morgan fingerprint density at radius 2 is 2.00 bits per heavy atom. The minimum absolute atomic E-state index is 0.0144. The molecule has 0 saturated heterocycles. The first kappa shape index (κ1) is 10.4. The van der Waals surface area contributed by atoms with Crippen LogP contribution in [-0.2, 0) is 4.79 Å². The highest BCUT2D eigenvalue weighted by atomic mass is 16.2. The summed E-state index contributed by atoms with van der Waals surface area (Å²) in [5, 5.41) is 5.73. The molecule has 1 fully saturated rings. The Hall–Kier alpha value is -1.78. The average Bonchev–Trinajstić information content (AvgIpc) is 2.80. The van der Waals surface area contributed by atoms with E-state index in [2.05, 4.69) is 15.1 Å². The second-order valence-corrected chi connectivity index (χ2v) is 4.64. The summed E-state index contributed by atoms with van der Waals surface area (Å²) in [6, 6.07) is 1.89. The molecule has 1 aliphatic heterocycles. The Kier molecular flexibility index (Phi) is 2.21. The molecule has 1 aromatic heterocycles. The number of hydrogen-bond donors (Lipinski definition) is 0. The second kappa shape index (κ2) is 3.61. The Bertz CT molecular complexity index is 503. The summed E-state index contributed by atoms with van der Waals surface area (Å²) in [7, 11) is 0. The van der Waals surface area contributed by atoms with Gasteiger partial charge in [0.2, 0.25) is 0 Å². The summed E-state index contributed by atoms with van der Waals surface area (Å²) < 4.78 is 0. The van der Waals surface area contributed by atoms with E-state index in [1.165, 1.54) is 5.01 Å². The molecule has 0 bridgehead atoms. The quantitative estimate of drug-likeness (QED) is 0.736. The van der Waals surface area contributed by atoms with Crippen LogP contribution in [0.1, 0.15) is 30.7 Å². The number of rotatable bonds is 1. The molecule has 1 amide bonds. The average molecular weight is 230 g/mol. The summed E-state index contributed by atoms with van der Waals surface area (Å²) in [4.78, 5) is 20.7. The van der Waals surface area contributed by atoms with Crippen LogP contribution in [0.3, 0.4) is 0 Å². The Morgan fingerprint density at radius 1 is 1.29 bits per heavy atom. The lowest BCUT2D eigenvalue weighted by molar-refractivity contribution is -0.119. The van der Waals surface area contributed by atoms with Crippen molar-refractivity contribution in [2.45, 2.75) is 33.1 Å². The van der Waals surface area contributed by atoms with Gasteiger partial charge in [-0.1, -0.05) is 0 Å². The van der Waals surface area contributed by atoms with Crippen molar-refractivity contribution >= 4 is 17.6 Å². The number of carbonyl (C=O) groups excluding carboxylic acids is 1. The molecule has 0 radical (unpaired) electrons. The van der Waals surface area contributed by atoms with E-state index in [1.807, 2.05) is 19.9 Å². The summed E-state index contributed by atoms with van der Waals surface area (Å²) in [5.41, 5.74) is 2.72. The van der Waals surface area contributed by atoms with Gasteiger partial charge in [0, 0.05) is 11.4 Å². The van der Waals surface area contributed by atoms with Gasteiger partial charge < -0.3 is 0 Å². The summed E-state index contributed by atoms with van der Waals surface area (Å²) in [6.07, 6.45) is 2.91. The first-order valence-corrected chi connectivity index (χ1v) is 5.89. The third kappa shape index (κ3) is 1.62. The third-order valence-electron chi connectivity index (χ3n) is 3.22. The van der Waals surface area contributed by atoms with Crippen molar-refractivity contribution in [3.63, 3.8) is 0 Å². The lowest BCUT2D eigenvalue weighted by Crippen LogP contribution is -2.27. The van der Waals surface area contributed by atoms with Crippen molar-refractivity contribution in [2.24, 2.45) is 11.0 Å². The topological polar surface area (TPSA) is 58.5 Å². The van der Waals surface area contributed by atoms with Gasteiger partial charge in [-0.2, -0.15) is 10.1 Å². The minimum Gasteiger partial charge on any atom is -0.272 e. The molecule has 3 rings (SSSR count). The van der Waals surface area contributed by atoms with E-state index in [4.69, 9.17) is 0 Å². The molecule has 0 N–H and O–H groups in total. The SMILES string of the molecule is Cc1cc(C)nc(N2N=C3CCC[C@H]3C2=O)n1. The number of hydrogen-bond acceptors (Lipinski definition) is 4. The fraction of sp³-hybridized carbons (Fsp3) is 0.500. The first-order chi connectivity index (χ1) is 8.15. The van der Waals surface area contributed by atoms with Gasteiger partial charge in [-0.05, 0) is 39.2 Å². The van der Waals surface area contributed by atoms with Gasteiger partial charge in [-0.3, -0.25) is 4.79 Å². The molecule has 2 aliphatic rings. The smallest absolute Gasteiger partial charge is 0.258 e. The number of aryl methyl sites for hydroxylation is 2. The Morgan fingerprint density at radius 3 is 2.65 bits per heavy atom. The maximum Gasteiger partial charge on any atom is 0.258 e. The molecule has 17 heavy (non-hydrogen) atoms. The van der Waals surface area contributed by atoms with Gasteiger partial charge in [-0.15, -0.1) is 0 Å². The van der Waals surface area contributed by atoms with Crippen LogP contribution >= 0.6 is 0 Å². The molecule has 1 atom stereocenters. The van der Waals surface area contributed by atoms with Crippen molar-refractivity contribution in [3.05, 3.63) is 17.5 Å². The van der Waals surface area contributed by atoms with Crippen molar-refractivity contribution in [1.29, 1.82) is 0 Å². The van der Waals surface area contributed by atoms with Gasteiger partial charge in [0.15, 0.2) is 0 Å². The molecule has 88 valence electrons. The highest BCUT2D eigenvalue weighted by Crippen LogP contribution is 2.31. The van der Waals surface area contributed by atoms with Crippen LogP contribution in [0.2, 0.25) is 0 Å². The largest absolute Gasteiger partial charge is 0.272 e. The lowest BCUT2D eigenvalue weighted by Gasteiger charge is -2.12. The predicted molar refractivity (Wildman–Crippen MR) is 63.8 cm³/mol. The number of fused-ring (bicyclic) bond motifs is 1.